The van der Waals surface area contributed by atoms with Crippen molar-refractivity contribution in [3.8, 4) is 11.1 Å². The van der Waals surface area contributed by atoms with Gasteiger partial charge < -0.3 is 0 Å². The molecule has 0 unspecified atom stereocenters. The molecule has 0 saturated heterocycles. The maximum Gasteiger partial charge on any atom is 0.115 e. The minimum absolute atomic E-state index is 0.739. The summed E-state index contributed by atoms with van der Waals surface area (Å²) >= 11 is 5.81. The number of nitrogens with zero attached hydrogens (tertiary/aromatic N) is 2. The summed E-state index contributed by atoms with van der Waals surface area (Å²) in [7, 11) is 0. The van der Waals surface area contributed by atoms with Gasteiger partial charge in [-0.2, -0.15) is 0 Å². The summed E-state index contributed by atoms with van der Waals surface area (Å²) in [6.45, 7) is 5.96. The van der Waals surface area contributed by atoms with E-state index in [9.17, 15) is 0 Å². The van der Waals surface area contributed by atoms with Gasteiger partial charge >= 0.3 is 0 Å². The first kappa shape index (κ1) is 12.7. The molecule has 3 heteroatoms. The van der Waals surface area contributed by atoms with E-state index in [4.69, 9.17) is 11.6 Å². The fourth-order valence-electron chi connectivity index (χ4n) is 1.30. The highest BCUT2D eigenvalue weighted by Gasteiger charge is 2.01. The van der Waals surface area contributed by atoms with Crippen LogP contribution in [-0.4, -0.2) is 9.97 Å². The molecule has 0 aliphatic carbocycles. The van der Waals surface area contributed by atoms with Gasteiger partial charge in [0.15, 0.2) is 0 Å². The predicted molar refractivity (Wildman–Crippen MR) is 68.6 cm³/mol. The maximum absolute atomic E-state index is 5.81. The summed E-state index contributed by atoms with van der Waals surface area (Å²) in [5, 5.41) is 0.739. The van der Waals surface area contributed by atoms with Crippen molar-refractivity contribution >= 4 is 11.6 Å². The highest BCUT2D eigenvalue weighted by atomic mass is 35.5. The average Bonchev–Trinajstić information content (AvgIpc) is 2.34. The van der Waals surface area contributed by atoms with Crippen LogP contribution < -0.4 is 0 Å². The van der Waals surface area contributed by atoms with Gasteiger partial charge in [-0.3, -0.25) is 0 Å². The minimum atomic E-state index is 0.739. The van der Waals surface area contributed by atoms with Crippen molar-refractivity contribution in [1.82, 2.24) is 9.97 Å². The van der Waals surface area contributed by atoms with E-state index >= 15 is 0 Å². The van der Waals surface area contributed by atoms with E-state index in [1.807, 2.05) is 51.2 Å². The third-order valence-electron chi connectivity index (χ3n) is 2.07. The summed E-state index contributed by atoms with van der Waals surface area (Å²) in [5.41, 5.74) is 3.11. The predicted octanol–water partition coefficient (Wildman–Crippen LogP) is 4.13. The Morgan fingerprint density at radius 3 is 2.25 bits per heavy atom. The zero-order chi connectivity index (χ0) is 12.0. The topological polar surface area (TPSA) is 25.8 Å². The van der Waals surface area contributed by atoms with Crippen molar-refractivity contribution in [3.63, 3.8) is 0 Å². The molecule has 0 aliphatic heterocycles. The monoisotopic (exact) mass is 234 g/mol. The second kappa shape index (κ2) is 6.23. The van der Waals surface area contributed by atoms with Crippen molar-refractivity contribution in [2.45, 2.75) is 20.8 Å². The van der Waals surface area contributed by atoms with Crippen LogP contribution in [0.4, 0.5) is 0 Å². The number of rotatable bonds is 1. The quantitative estimate of drug-likeness (QED) is 0.742. The molecule has 2 aromatic rings. The van der Waals surface area contributed by atoms with Crippen LogP contribution in [-0.2, 0) is 0 Å². The molecule has 1 heterocycles. The SMILES string of the molecule is CC.Cc1ncncc1-c1ccc(Cl)cc1. The molecule has 2 rings (SSSR count). The van der Waals surface area contributed by atoms with Crippen LogP contribution in [0.2, 0.25) is 5.02 Å². The third-order valence-corrected chi connectivity index (χ3v) is 2.32. The van der Waals surface area contributed by atoms with Gasteiger partial charge in [-0.1, -0.05) is 37.6 Å². The molecular formula is C13H15ClN2. The van der Waals surface area contributed by atoms with Gasteiger partial charge in [-0.05, 0) is 24.6 Å². The van der Waals surface area contributed by atoms with Crippen LogP contribution in [0.15, 0.2) is 36.8 Å². The molecule has 1 aromatic carbocycles. The Labute approximate surface area is 101 Å². The standard InChI is InChI=1S/C11H9ClN2.C2H6/c1-8-11(6-13-7-14-8)9-2-4-10(12)5-3-9;1-2/h2-7H,1H3;1-2H3. The fraction of sp³-hybridized carbons (Fsp3) is 0.231. The Bertz CT molecular complexity index is 438. The van der Waals surface area contributed by atoms with E-state index in [-0.39, 0.29) is 0 Å². The summed E-state index contributed by atoms with van der Waals surface area (Å²) in [5.74, 6) is 0. The van der Waals surface area contributed by atoms with Crippen LogP contribution in [0.5, 0.6) is 0 Å². The summed E-state index contributed by atoms with van der Waals surface area (Å²) in [6.07, 6.45) is 3.36. The lowest BCUT2D eigenvalue weighted by molar-refractivity contribution is 1.11. The van der Waals surface area contributed by atoms with Crippen LogP contribution in [0.1, 0.15) is 19.5 Å². The molecule has 0 N–H and O–H groups in total. The highest BCUT2D eigenvalue weighted by molar-refractivity contribution is 6.30. The van der Waals surface area contributed by atoms with E-state index < -0.39 is 0 Å². The normalized spacial score (nSPS) is 9.25. The molecule has 0 fully saturated rings. The lowest BCUT2D eigenvalue weighted by Crippen LogP contribution is -1.88. The number of hydrogen-bond acceptors (Lipinski definition) is 2. The molecule has 16 heavy (non-hydrogen) atoms. The van der Waals surface area contributed by atoms with Crippen molar-refractivity contribution in [2.75, 3.05) is 0 Å². The first-order chi connectivity index (χ1) is 7.77. The fourth-order valence-corrected chi connectivity index (χ4v) is 1.43. The average molecular weight is 235 g/mol. The lowest BCUT2D eigenvalue weighted by atomic mass is 10.1. The van der Waals surface area contributed by atoms with Crippen LogP contribution in [0.25, 0.3) is 11.1 Å². The second-order valence-electron chi connectivity index (χ2n) is 3.03. The summed E-state index contributed by atoms with van der Waals surface area (Å²) in [4.78, 5) is 8.13. The zero-order valence-electron chi connectivity index (χ0n) is 9.74. The minimum Gasteiger partial charge on any atom is -0.244 e. The van der Waals surface area contributed by atoms with Gasteiger partial charge in [0.1, 0.15) is 6.33 Å². The smallest absolute Gasteiger partial charge is 0.115 e. The maximum atomic E-state index is 5.81. The highest BCUT2D eigenvalue weighted by Crippen LogP contribution is 2.22. The molecular weight excluding hydrogens is 220 g/mol. The van der Waals surface area contributed by atoms with Crippen LogP contribution >= 0.6 is 11.6 Å². The lowest BCUT2D eigenvalue weighted by Gasteiger charge is -2.03. The number of aryl methyl sites for hydroxylation is 1. The van der Waals surface area contributed by atoms with E-state index in [0.717, 1.165) is 21.8 Å². The van der Waals surface area contributed by atoms with Crippen molar-refractivity contribution in [2.24, 2.45) is 0 Å². The van der Waals surface area contributed by atoms with Crippen molar-refractivity contribution in [3.05, 3.63) is 47.5 Å². The number of halogens is 1. The number of benzene rings is 1. The van der Waals surface area contributed by atoms with E-state index in [1.165, 1.54) is 0 Å². The molecule has 0 amide bonds. The van der Waals surface area contributed by atoms with Gasteiger partial charge in [-0.25, -0.2) is 9.97 Å². The molecule has 1 aromatic heterocycles. The molecule has 0 spiro atoms. The van der Waals surface area contributed by atoms with Gasteiger partial charge in [-0.15, -0.1) is 0 Å². The van der Waals surface area contributed by atoms with Gasteiger partial charge in [0, 0.05) is 22.5 Å². The largest absolute Gasteiger partial charge is 0.244 e. The Morgan fingerprint density at radius 2 is 1.69 bits per heavy atom. The van der Waals surface area contributed by atoms with E-state index in [2.05, 4.69) is 9.97 Å². The summed E-state index contributed by atoms with van der Waals surface area (Å²) in [6, 6.07) is 7.66. The first-order valence-electron chi connectivity index (χ1n) is 5.30. The van der Waals surface area contributed by atoms with Crippen molar-refractivity contribution in [1.29, 1.82) is 0 Å². The van der Waals surface area contributed by atoms with E-state index in [1.54, 1.807) is 6.33 Å². The molecule has 84 valence electrons. The zero-order valence-corrected chi connectivity index (χ0v) is 10.5. The Morgan fingerprint density at radius 1 is 1.06 bits per heavy atom. The molecule has 0 saturated carbocycles. The Hall–Kier alpha value is -1.41. The Balaban J connectivity index is 0.000000606. The van der Waals surface area contributed by atoms with Crippen LogP contribution in [0, 0.1) is 6.92 Å². The van der Waals surface area contributed by atoms with E-state index in [0.29, 0.717) is 0 Å². The van der Waals surface area contributed by atoms with Crippen LogP contribution in [0.3, 0.4) is 0 Å². The molecule has 0 radical (unpaired) electrons. The Kier molecular flexibility index (Phi) is 4.93. The van der Waals surface area contributed by atoms with Crippen molar-refractivity contribution < 1.29 is 0 Å². The molecule has 0 atom stereocenters. The molecule has 0 bridgehead atoms. The van der Waals surface area contributed by atoms with Gasteiger partial charge in [0.25, 0.3) is 0 Å². The molecule has 0 aliphatic rings. The number of hydrogen-bond donors (Lipinski definition) is 0. The first-order valence-corrected chi connectivity index (χ1v) is 5.68. The second-order valence-corrected chi connectivity index (χ2v) is 3.47. The summed E-state index contributed by atoms with van der Waals surface area (Å²) < 4.78 is 0. The number of aromatic nitrogens is 2. The van der Waals surface area contributed by atoms with Gasteiger partial charge in [0.2, 0.25) is 0 Å². The van der Waals surface area contributed by atoms with Gasteiger partial charge in [0.05, 0.1) is 0 Å². The molecule has 2 nitrogen and oxygen atoms in total. The third kappa shape index (κ3) is 3.04.